The van der Waals surface area contributed by atoms with Gasteiger partial charge in [-0.05, 0) is 17.7 Å². The molecule has 0 radical (unpaired) electrons. The highest BCUT2D eigenvalue weighted by Gasteiger charge is 2.32. The number of ether oxygens (including phenoxy) is 2. The Morgan fingerprint density at radius 3 is 2.27 bits per heavy atom. The van der Waals surface area contributed by atoms with Gasteiger partial charge in [-0.3, -0.25) is 4.79 Å². The van der Waals surface area contributed by atoms with Crippen LogP contribution in [0.5, 0.6) is 5.75 Å². The van der Waals surface area contributed by atoms with Crippen molar-refractivity contribution in [3.05, 3.63) is 65.7 Å². The molecule has 0 heterocycles. The number of benzene rings is 2. The van der Waals surface area contributed by atoms with Crippen LogP contribution in [-0.2, 0) is 11.3 Å². The maximum absolute atomic E-state index is 12.3. The average molecular weight is 310 g/mol. The molecule has 0 spiro atoms. The second kappa shape index (κ2) is 7.09. The molecule has 0 aliphatic heterocycles. The molecule has 2 aromatic carbocycles. The predicted octanol–water partition coefficient (Wildman–Crippen LogP) is 3.98. The quantitative estimate of drug-likeness (QED) is 0.757. The number of rotatable bonds is 6. The van der Waals surface area contributed by atoms with E-state index in [0.29, 0.717) is 0 Å². The molecule has 0 bridgehead atoms. The van der Waals surface area contributed by atoms with Crippen molar-refractivity contribution < 1.29 is 27.4 Å². The maximum atomic E-state index is 12.3. The molecule has 0 atom stereocenters. The molecule has 0 aliphatic rings. The third-order valence-corrected chi connectivity index (χ3v) is 2.76. The number of ketones is 1. The van der Waals surface area contributed by atoms with Crippen LogP contribution in [0, 0.1) is 0 Å². The van der Waals surface area contributed by atoms with Gasteiger partial charge in [0.15, 0.2) is 5.78 Å². The zero-order valence-electron chi connectivity index (χ0n) is 11.5. The van der Waals surface area contributed by atoms with Gasteiger partial charge in [-0.15, -0.1) is 13.2 Å². The molecular weight excluding hydrogens is 297 g/mol. The molecular formula is C16H13F3O3. The molecule has 0 N–H and O–H groups in total. The van der Waals surface area contributed by atoms with Crippen LogP contribution >= 0.6 is 0 Å². The van der Waals surface area contributed by atoms with Gasteiger partial charge in [0, 0.05) is 0 Å². The monoisotopic (exact) mass is 310 g/mol. The summed E-state index contributed by atoms with van der Waals surface area (Å²) in [5.41, 5.74) is 0.711. The summed E-state index contributed by atoms with van der Waals surface area (Å²) in [6, 6.07) is 14.3. The second-order valence-corrected chi connectivity index (χ2v) is 4.45. The molecule has 6 heteroatoms. The summed E-state index contributed by atoms with van der Waals surface area (Å²) >= 11 is 0. The molecule has 0 aliphatic carbocycles. The van der Waals surface area contributed by atoms with E-state index < -0.39 is 17.9 Å². The second-order valence-electron chi connectivity index (χ2n) is 4.45. The van der Waals surface area contributed by atoms with Crippen molar-refractivity contribution in [1.29, 1.82) is 0 Å². The van der Waals surface area contributed by atoms with Crippen molar-refractivity contribution in [3.63, 3.8) is 0 Å². The van der Waals surface area contributed by atoms with E-state index in [1.54, 1.807) is 0 Å². The summed E-state index contributed by atoms with van der Waals surface area (Å²) < 4.78 is 46.0. The lowest BCUT2D eigenvalue weighted by atomic mass is 10.1. The van der Waals surface area contributed by atoms with E-state index in [2.05, 4.69) is 4.74 Å². The first-order valence-corrected chi connectivity index (χ1v) is 6.45. The first-order valence-electron chi connectivity index (χ1n) is 6.45. The van der Waals surface area contributed by atoms with E-state index in [-0.39, 0.29) is 18.8 Å². The van der Waals surface area contributed by atoms with Crippen molar-refractivity contribution in [3.8, 4) is 5.75 Å². The van der Waals surface area contributed by atoms with E-state index in [1.165, 1.54) is 18.2 Å². The lowest BCUT2D eigenvalue weighted by Crippen LogP contribution is -2.20. The van der Waals surface area contributed by atoms with Crippen LogP contribution in [0.4, 0.5) is 13.2 Å². The Labute approximate surface area is 125 Å². The van der Waals surface area contributed by atoms with Crippen molar-refractivity contribution >= 4 is 5.78 Å². The minimum Gasteiger partial charge on any atom is -0.405 e. The largest absolute Gasteiger partial charge is 0.573 e. The summed E-state index contributed by atoms with van der Waals surface area (Å²) in [4.78, 5) is 12.0. The predicted molar refractivity (Wildman–Crippen MR) is 73.6 cm³/mol. The Kier molecular flexibility index (Phi) is 5.16. The normalized spacial score (nSPS) is 11.2. The van der Waals surface area contributed by atoms with Gasteiger partial charge in [-0.25, -0.2) is 0 Å². The highest BCUT2D eigenvalue weighted by molar-refractivity contribution is 5.99. The Morgan fingerprint density at radius 2 is 1.59 bits per heavy atom. The van der Waals surface area contributed by atoms with Gasteiger partial charge in [-0.2, -0.15) is 0 Å². The van der Waals surface area contributed by atoms with Gasteiger partial charge < -0.3 is 9.47 Å². The first-order chi connectivity index (χ1) is 10.5. The van der Waals surface area contributed by atoms with Gasteiger partial charge in [0.1, 0.15) is 12.4 Å². The summed E-state index contributed by atoms with van der Waals surface area (Å²) in [5.74, 6) is -1.10. The number of hydrogen-bond donors (Lipinski definition) is 0. The fourth-order valence-electron chi connectivity index (χ4n) is 1.82. The fourth-order valence-corrected chi connectivity index (χ4v) is 1.82. The molecule has 0 saturated carbocycles. The summed E-state index contributed by atoms with van der Waals surface area (Å²) in [6.07, 6.45) is -4.85. The zero-order chi connectivity index (χ0) is 16.0. The summed E-state index contributed by atoms with van der Waals surface area (Å²) in [6.45, 7) is -0.123. The molecule has 2 rings (SSSR count). The number of carbonyl (C=O) groups is 1. The standard InChI is InChI=1S/C16H13F3O3/c17-16(18,19)22-15-9-5-4-8-13(15)14(20)11-21-10-12-6-2-1-3-7-12/h1-9H,10-11H2. The number of hydrogen-bond acceptors (Lipinski definition) is 3. The van der Waals surface area contributed by atoms with Crippen LogP contribution in [0.15, 0.2) is 54.6 Å². The third-order valence-electron chi connectivity index (χ3n) is 2.76. The van der Waals surface area contributed by atoms with Gasteiger partial charge in [0.25, 0.3) is 0 Å². The molecule has 0 amide bonds. The molecule has 2 aromatic rings. The molecule has 22 heavy (non-hydrogen) atoms. The van der Waals surface area contributed by atoms with Crippen molar-refractivity contribution in [1.82, 2.24) is 0 Å². The molecule has 3 nitrogen and oxygen atoms in total. The van der Waals surface area contributed by atoms with E-state index in [9.17, 15) is 18.0 Å². The van der Waals surface area contributed by atoms with E-state index in [0.717, 1.165) is 11.6 Å². The Bertz CT molecular complexity index is 624. The maximum Gasteiger partial charge on any atom is 0.573 e. The minimum atomic E-state index is -4.85. The average Bonchev–Trinajstić information content (AvgIpc) is 2.47. The highest BCUT2D eigenvalue weighted by atomic mass is 19.4. The molecule has 0 unspecified atom stereocenters. The van der Waals surface area contributed by atoms with Gasteiger partial charge in [0.2, 0.25) is 0 Å². The lowest BCUT2D eigenvalue weighted by molar-refractivity contribution is -0.274. The number of carbonyl (C=O) groups excluding carboxylic acids is 1. The van der Waals surface area contributed by atoms with Crippen molar-refractivity contribution in [2.75, 3.05) is 6.61 Å². The molecule has 0 fully saturated rings. The molecule has 0 saturated heterocycles. The summed E-state index contributed by atoms with van der Waals surface area (Å²) in [5, 5.41) is 0. The van der Waals surface area contributed by atoms with Crippen molar-refractivity contribution in [2.24, 2.45) is 0 Å². The van der Waals surface area contributed by atoms with Crippen LogP contribution in [-0.4, -0.2) is 18.8 Å². The Balaban J connectivity index is 1.98. The smallest absolute Gasteiger partial charge is 0.405 e. The van der Waals surface area contributed by atoms with E-state index in [1.807, 2.05) is 30.3 Å². The van der Waals surface area contributed by atoms with Crippen LogP contribution in [0.1, 0.15) is 15.9 Å². The van der Waals surface area contributed by atoms with Crippen LogP contribution in [0.2, 0.25) is 0 Å². The van der Waals surface area contributed by atoms with Crippen LogP contribution in [0.25, 0.3) is 0 Å². The number of Topliss-reactive ketones (excluding diaryl/α,β-unsaturated/α-hetero) is 1. The number of halogens is 3. The minimum absolute atomic E-state index is 0.159. The highest BCUT2D eigenvalue weighted by Crippen LogP contribution is 2.26. The number of para-hydroxylation sites is 1. The van der Waals surface area contributed by atoms with Crippen LogP contribution < -0.4 is 4.74 Å². The van der Waals surface area contributed by atoms with Crippen molar-refractivity contribution in [2.45, 2.75) is 13.0 Å². The first kappa shape index (κ1) is 16.0. The summed E-state index contributed by atoms with van der Waals surface area (Å²) in [7, 11) is 0. The Morgan fingerprint density at radius 1 is 0.955 bits per heavy atom. The SMILES string of the molecule is O=C(COCc1ccccc1)c1ccccc1OC(F)(F)F. The molecule has 116 valence electrons. The number of alkyl halides is 3. The third kappa shape index (κ3) is 4.89. The Hall–Kier alpha value is -2.34. The lowest BCUT2D eigenvalue weighted by Gasteiger charge is -2.12. The van der Waals surface area contributed by atoms with E-state index in [4.69, 9.17) is 4.74 Å². The topological polar surface area (TPSA) is 35.5 Å². The zero-order valence-corrected chi connectivity index (χ0v) is 11.5. The van der Waals surface area contributed by atoms with Gasteiger partial charge >= 0.3 is 6.36 Å². The molecule has 0 aromatic heterocycles. The van der Waals surface area contributed by atoms with Gasteiger partial charge in [0.05, 0.1) is 12.2 Å². The van der Waals surface area contributed by atoms with Gasteiger partial charge in [-0.1, -0.05) is 42.5 Å². The van der Waals surface area contributed by atoms with Crippen LogP contribution in [0.3, 0.4) is 0 Å². The van der Waals surface area contributed by atoms with E-state index >= 15 is 0 Å². The fraction of sp³-hybridized carbons (Fsp3) is 0.188.